The second kappa shape index (κ2) is 8.68. The molecule has 0 radical (unpaired) electrons. The number of halogens is 2. The number of nitrogens with one attached hydrogen (secondary N) is 1. The van der Waals surface area contributed by atoms with E-state index in [4.69, 9.17) is 0 Å². The Morgan fingerprint density at radius 1 is 1.09 bits per heavy atom. The van der Waals surface area contributed by atoms with Crippen LogP contribution in [0.15, 0.2) is 36.4 Å². The first-order valence-electron chi connectivity index (χ1n) is 12.6. The van der Waals surface area contributed by atoms with Crippen molar-refractivity contribution in [1.82, 2.24) is 5.32 Å². The van der Waals surface area contributed by atoms with Crippen LogP contribution in [-0.4, -0.2) is 27.1 Å². The third-order valence-electron chi connectivity index (χ3n) is 9.10. The normalized spacial score (nSPS) is 30.7. The Balaban J connectivity index is 1.29. The summed E-state index contributed by atoms with van der Waals surface area (Å²) in [5.41, 5.74) is 1.93. The fourth-order valence-corrected chi connectivity index (χ4v) is 7.37. The van der Waals surface area contributed by atoms with Gasteiger partial charge in [0.1, 0.15) is 5.75 Å². The van der Waals surface area contributed by atoms with Crippen molar-refractivity contribution in [2.75, 3.05) is 0 Å². The predicted molar refractivity (Wildman–Crippen MR) is 127 cm³/mol. The van der Waals surface area contributed by atoms with E-state index in [0.717, 1.165) is 24.8 Å². The minimum absolute atomic E-state index is 0.139. The molecule has 5 nitrogen and oxygen atoms in total. The number of benzene rings is 2. The van der Waals surface area contributed by atoms with Gasteiger partial charge < -0.3 is 20.6 Å². The highest BCUT2D eigenvalue weighted by Crippen LogP contribution is 2.68. The standard InChI is InChI=1S/C28H33F2NO4/c1-27-11-10-21-20-7-5-19(32)13-17(20)3-6-22(21)26(27)18(14-28(27,29)30)4-9-25(35)31-15-16-2-8-23(33)24(34)12-16/h2,5,7-8,12-13,18,21-22,26,32-34H,3-4,6,9-11,14-15H2,1H3,(H,31,35)/t18?,21?,22?,26?,27-/m0/s1. The summed E-state index contributed by atoms with van der Waals surface area (Å²) in [6.45, 7) is 1.96. The van der Waals surface area contributed by atoms with Crippen molar-refractivity contribution >= 4 is 5.91 Å². The molecule has 2 fully saturated rings. The smallest absolute Gasteiger partial charge is 0.253 e. The van der Waals surface area contributed by atoms with Crippen LogP contribution < -0.4 is 5.32 Å². The summed E-state index contributed by atoms with van der Waals surface area (Å²) in [4.78, 5) is 12.6. The predicted octanol–water partition coefficient (Wildman–Crippen LogP) is 5.62. The van der Waals surface area contributed by atoms with Gasteiger partial charge in [-0.15, -0.1) is 0 Å². The minimum atomic E-state index is -2.75. The fourth-order valence-electron chi connectivity index (χ4n) is 7.37. The number of amides is 1. The third kappa shape index (κ3) is 4.13. The lowest BCUT2D eigenvalue weighted by Gasteiger charge is -2.51. The number of carbonyl (C=O) groups is 1. The fraction of sp³-hybridized carbons (Fsp3) is 0.536. The van der Waals surface area contributed by atoms with Gasteiger partial charge >= 0.3 is 0 Å². The summed E-state index contributed by atoms with van der Waals surface area (Å²) < 4.78 is 30.8. The van der Waals surface area contributed by atoms with Crippen LogP contribution in [0.4, 0.5) is 8.78 Å². The van der Waals surface area contributed by atoms with Gasteiger partial charge in [0.15, 0.2) is 11.5 Å². The number of aromatic hydroxyl groups is 3. The Morgan fingerprint density at radius 3 is 2.66 bits per heavy atom. The molecule has 5 rings (SSSR count). The van der Waals surface area contributed by atoms with Crippen molar-refractivity contribution in [2.45, 2.75) is 70.3 Å². The molecular formula is C28H33F2NO4. The van der Waals surface area contributed by atoms with Crippen molar-refractivity contribution in [1.29, 1.82) is 0 Å². The molecule has 3 aliphatic carbocycles. The Labute approximate surface area is 204 Å². The van der Waals surface area contributed by atoms with E-state index in [-0.39, 0.29) is 66.2 Å². The summed E-state index contributed by atoms with van der Waals surface area (Å²) in [6, 6.07) is 9.86. The monoisotopic (exact) mass is 485 g/mol. The first kappa shape index (κ1) is 23.9. The van der Waals surface area contributed by atoms with Gasteiger partial charge in [0.2, 0.25) is 5.91 Å². The molecule has 0 aromatic heterocycles. The lowest BCUT2D eigenvalue weighted by molar-refractivity contribution is -0.133. The second-order valence-electron chi connectivity index (χ2n) is 11.0. The van der Waals surface area contributed by atoms with Crippen molar-refractivity contribution in [2.24, 2.45) is 23.2 Å². The average Bonchev–Trinajstić information content (AvgIpc) is 3.03. The molecule has 2 saturated carbocycles. The molecule has 0 saturated heterocycles. The molecular weight excluding hydrogens is 452 g/mol. The Hall–Kier alpha value is -2.83. The lowest BCUT2D eigenvalue weighted by Crippen LogP contribution is -2.47. The highest BCUT2D eigenvalue weighted by molar-refractivity contribution is 5.75. The van der Waals surface area contributed by atoms with Gasteiger partial charge in [-0.1, -0.05) is 19.1 Å². The van der Waals surface area contributed by atoms with Gasteiger partial charge in [-0.2, -0.15) is 0 Å². The maximum atomic E-state index is 15.4. The average molecular weight is 486 g/mol. The molecule has 3 aliphatic rings. The van der Waals surface area contributed by atoms with Gasteiger partial charge in [0.05, 0.1) is 0 Å². The van der Waals surface area contributed by atoms with Crippen molar-refractivity contribution in [3.05, 3.63) is 53.1 Å². The molecule has 7 heteroatoms. The maximum absolute atomic E-state index is 15.4. The largest absolute Gasteiger partial charge is 0.508 e. The van der Waals surface area contributed by atoms with Crippen LogP contribution in [0.3, 0.4) is 0 Å². The van der Waals surface area contributed by atoms with Gasteiger partial charge in [-0.3, -0.25) is 4.79 Å². The van der Waals surface area contributed by atoms with Crippen molar-refractivity contribution in [3.63, 3.8) is 0 Å². The van der Waals surface area contributed by atoms with E-state index in [1.54, 1.807) is 19.1 Å². The molecule has 188 valence electrons. The molecule has 0 spiro atoms. The van der Waals surface area contributed by atoms with Crippen molar-refractivity contribution in [3.8, 4) is 17.2 Å². The number of fused-ring (bicyclic) bond motifs is 5. The van der Waals surface area contributed by atoms with Crippen LogP contribution in [0.2, 0.25) is 0 Å². The molecule has 35 heavy (non-hydrogen) atoms. The summed E-state index contributed by atoms with van der Waals surface area (Å²) in [6.07, 6.45) is 3.27. The molecule has 2 aromatic carbocycles. The SMILES string of the molecule is C[C@]12CCC3c4ccc(O)cc4CCC3C1C(CCC(=O)NCc1ccc(O)c(O)c1)CC2(F)F. The van der Waals surface area contributed by atoms with Gasteiger partial charge in [0.25, 0.3) is 5.92 Å². The zero-order valence-electron chi connectivity index (χ0n) is 19.9. The van der Waals surface area contributed by atoms with Gasteiger partial charge in [0, 0.05) is 24.8 Å². The number of aryl methyl sites for hydroxylation is 1. The summed E-state index contributed by atoms with van der Waals surface area (Å²) in [5.74, 6) is -3.14. The molecule has 4 unspecified atom stereocenters. The number of carbonyl (C=O) groups excluding carboxylic acids is 1. The molecule has 5 atom stereocenters. The molecule has 4 N–H and O–H groups in total. The molecule has 1 amide bonds. The van der Waals surface area contributed by atoms with E-state index in [9.17, 15) is 20.1 Å². The Morgan fingerprint density at radius 2 is 1.89 bits per heavy atom. The number of rotatable bonds is 5. The zero-order chi connectivity index (χ0) is 25.0. The van der Waals surface area contributed by atoms with E-state index in [2.05, 4.69) is 5.32 Å². The number of phenolic OH excluding ortho intramolecular Hbond substituents is 3. The summed E-state index contributed by atoms with van der Waals surface area (Å²) in [7, 11) is 0. The van der Waals surface area contributed by atoms with Crippen LogP contribution in [-0.2, 0) is 17.8 Å². The van der Waals surface area contributed by atoms with Crippen LogP contribution in [0.25, 0.3) is 0 Å². The first-order chi connectivity index (χ1) is 16.6. The van der Waals surface area contributed by atoms with Crippen LogP contribution in [0, 0.1) is 23.2 Å². The quantitative estimate of drug-likeness (QED) is 0.414. The highest BCUT2D eigenvalue weighted by atomic mass is 19.3. The number of hydrogen-bond acceptors (Lipinski definition) is 4. The molecule has 0 bridgehead atoms. The van der Waals surface area contributed by atoms with Gasteiger partial charge in [-0.25, -0.2) is 8.78 Å². The maximum Gasteiger partial charge on any atom is 0.253 e. The number of alkyl halides is 2. The van der Waals surface area contributed by atoms with E-state index >= 15 is 8.78 Å². The van der Waals surface area contributed by atoms with E-state index in [1.807, 2.05) is 12.1 Å². The van der Waals surface area contributed by atoms with Crippen LogP contribution in [0.1, 0.15) is 68.1 Å². The van der Waals surface area contributed by atoms with Crippen LogP contribution >= 0.6 is 0 Å². The van der Waals surface area contributed by atoms with E-state index < -0.39 is 11.3 Å². The van der Waals surface area contributed by atoms with E-state index in [1.165, 1.54) is 17.7 Å². The first-order valence-corrected chi connectivity index (χ1v) is 12.6. The minimum Gasteiger partial charge on any atom is -0.508 e. The van der Waals surface area contributed by atoms with Gasteiger partial charge in [-0.05, 0) is 96.7 Å². The highest BCUT2D eigenvalue weighted by Gasteiger charge is 2.67. The Kier molecular flexibility index (Phi) is 5.93. The molecule has 0 heterocycles. The third-order valence-corrected chi connectivity index (χ3v) is 9.10. The van der Waals surface area contributed by atoms with Crippen molar-refractivity contribution < 1.29 is 28.9 Å². The molecule has 2 aromatic rings. The zero-order valence-corrected chi connectivity index (χ0v) is 19.9. The van der Waals surface area contributed by atoms with E-state index in [0.29, 0.717) is 18.4 Å². The summed E-state index contributed by atoms with van der Waals surface area (Å²) in [5, 5.41) is 31.7. The van der Waals surface area contributed by atoms with Crippen LogP contribution in [0.5, 0.6) is 17.2 Å². The number of hydrogen-bond donors (Lipinski definition) is 4. The number of phenols is 3. The summed E-state index contributed by atoms with van der Waals surface area (Å²) >= 11 is 0. The Bertz CT molecular complexity index is 1140. The second-order valence-corrected chi connectivity index (χ2v) is 11.0. The molecule has 0 aliphatic heterocycles. The topological polar surface area (TPSA) is 89.8 Å². The lowest BCUT2D eigenvalue weighted by atomic mass is 9.53.